The summed E-state index contributed by atoms with van der Waals surface area (Å²) in [5.41, 5.74) is 0. The maximum absolute atomic E-state index is 10.8. The zero-order valence-electron chi connectivity index (χ0n) is 11.1. The van der Waals surface area contributed by atoms with Crippen molar-refractivity contribution in [1.29, 1.82) is 0 Å². The van der Waals surface area contributed by atoms with E-state index in [2.05, 4.69) is 26.6 Å². The standard InChI is InChI=1S/C13H26O2Si/c1-5-7-11-16(3,4)12-9-8-10-15-13(14)6-2/h6H,2,5,7-12H2,1,3-4H3. The van der Waals surface area contributed by atoms with E-state index in [1.54, 1.807) is 0 Å². The van der Waals surface area contributed by atoms with Crippen LogP contribution in [0.15, 0.2) is 12.7 Å². The van der Waals surface area contributed by atoms with E-state index >= 15 is 0 Å². The second kappa shape index (κ2) is 8.56. The highest BCUT2D eigenvalue weighted by atomic mass is 28.3. The summed E-state index contributed by atoms with van der Waals surface area (Å²) in [6, 6.07) is 2.77. The van der Waals surface area contributed by atoms with Gasteiger partial charge in [-0.05, 0) is 6.42 Å². The van der Waals surface area contributed by atoms with E-state index in [9.17, 15) is 4.79 Å². The summed E-state index contributed by atoms with van der Waals surface area (Å²) < 4.78 is 4.95. The van der Waals surface area contributed by atoms with Gasteiger partial charge in [0.05, 0.1) is 6.61 Å². The van der Waals surface area contributed by atoms with Crippen molar-refractivity contribution in [3.05, 3.63) is 12.7 Å². The van der Waals surface area contributed by atoms with Crippen molar-refractivity contribution in [2.75, 3.05) is 6.61 Å². The zero-order valence-corrected chi connectivity index (χ0v) is 12.1. The fourth-order valence-electron chi connectivity index (χ4n) is 1.72. The molecule has 0 amide bonds. The molecule has 16 heavy (non-hydrogen) atoms. The van der Waals surface area contributed by atoms with Gasteiger partial charge in [-0.15, -0.1) is 0 Å². The molecule has 0 bridgehead atoms. The van der Waals surface area contributed by atoms with E-state index in [4.69, 9.17) is 4.74 Å². The first-order valence-corrected chi connectivity index (χ1v) is 9.72. The Balaban J connectivity index is 3.49. The summed E-state index contributed by atoms with van der Waals surface area (Å²) in [5, 5.41) is 0. The number of hydrogen-bond acceptors (Lipinski definition) is 2. The number of unbranched alkanes of at least 4 members (excludes halogenated alkanes) is 2. The van der Waals surface area contributed by atoms with Crippen molar-refractivity contribution in [2.24, 2.45) is 0 Å². The van der Waals surface area contributed by atoms with Crippen LogP contribution in [0.3, 0.4) is 0 Å². The van der Waals surface area contributed by atoms with Crippen LogP contribution in [-0.2, 0) is 9.53 Å². The second-order valence-electron chi connectivity index (χ2n) is 5.10. The monoisotopic (exact) mass is 242 g/mol. The largest absolute Gasteiger partial charge is 0.463 e. The van der Waals surface area contributed by atoms with Crippen LogP contribution in [0.1, 0.15) is 32.6 Å². The van der Waals surface area contributed by atoms with Crippen LogP contribution >= 0.6 is 0 Å². The Kier molecular flexibility index (Phi) is 8.26. The minimum absolute atomic E-state index is 0.303. The number of rotatable bonds is 9. The highest BCUT2D eigenvalue weighted by Crippen LogP contribution is 2.21. The highest BCUT2D eigenvalue weighted by Gasteiger charge is 2.18. The lowest BCUT2D eigenvalue weighted by Gasteiger charge is -2.21. The molecule has 0 heterocycles. The Morgan fingerprint density at radius 1 is 1.25 bits per heavy atom. The molecule has 0 aliphatic heterocycles. The van der Waals surface area contributed by atoms with Crippen LogP contribution < -0.4 is 0 Å². The number of esters is 1. The Bertz CT molecular complexity index is 212. The van der Waals surface area contributed by atoms with Crippen molar-refractivity contribution in [2.45, 2.75) is 57.8 Å². The summed E-state index contributed by atoms with van der Waals surface area (Å²) in [7, 11) is -0.970. The Morgan fingerprint density at radius 2 is 1.88 bits per heavy atom. The van der Waals surface area contributed by atoms with Gasteiger partial charge >= 0.3 is 5.97 Å². The lowest BCUT2D eigenvalue weighted by molar-refractivity contribution is -0.137. The van der Waals surface area contributed by atoms with Crippen LogP contribution in [0, 0.1) is 0 Å². The smallest absolute Gasteiger partial charge is 0.330 e. The lowest BCUT2D eigenvalue weighted by Crippen LogP contribution is -2.24. The number of hydrogen-bond donors (Lipinski definition) is 0. The molecule has 0 unspecified atom stereocenters. The van der Waals surface area contributed by atoms with Gasteiger partial charge in [0.1, 0.15) is 0 Å². The van der Waals surface area contributed by atoms with Crippen LogP contribution in [-0.4, -0.2) is 20.7 Å². The molecule has 0 aliphatic carbocycles. The molecule has 0 aromatic carbocycles. The van der Waals surface area contributed by atoms with Crippen molar-refractivity contribution < 1.29 is 9.53 Å². The molecule has 0 saturated heterocycles. The van der Waals surface area contributed by atoms with Crippen molar-refractivity contribution in [3.63, 3.8) is 0 Å². The fraction of sp³-hybridized carbons (Fsp3) is 0.769. The Labute approximate surface area is 101 Å². The Hall–Kier alpha value is -0.573. The van der Waals surface area contributed by atoms with Gasteiger partial charge in [-0.3, -0.25) is 0 Å². The third-order valence-electron chi connectivity index (χ3n) is 2.87. The number of ether oxygens (including phenoxy) is 1. The molecular formula is C13H26O2Si. The number of carbonyl (C=O) groups excluding carboxylic acids is 1. The minimum atomic E-state index is -0.970. The topological polar surface area (TPSA) is 26.3 Å². The normalized spacial score (nSPS) is 11.2. The van der Waals surface area contributed by atoms with Crippen LogP contribution in [0.4, 0.5) is 0 Å². The molecule has 0 radical (unpaired) electrons. The molecule has 0 atom stereocenters. The molecule has 0 fully saturated rings. The van der Waals surface area contributed by atoms with E-state index < -0.39 is 8.07 Å². The van der Waals surface area contributed by atoms with Crippen LogP contribution in [0.25, 0.3) is 0 Å². The van der Waals surface area contributed by atoms with Crippen molar-refractivity contribution >= 4 is 14.0 Å². The summed E-state index contributed by atoms with van der Waals surface area (Å²) in [4.78, 5) is 10.8. The maximum atomic E-state index is 10.8. The quantitative estimate of drug-likeness (QED) is 0.264. The van der Waals surface area contributed by atoms with Gasteiger partial charge in [-0.1, -0.05) is 57.9 Å². The van der Waals surface area contributed by atoms with Gasteiger partial charge in [-0.2, -0.15) is 0 Å². The molecule has 0 aromatic heterocycles. The molecule has 2 nitrogen and oxygen atoms in total. The first-order valence-electron chi connectivity index (χ1n) is 6.31. The van der Waals surface area contributed by atoms with E-state index in [1.165, 1.54) is 37.4 Å². The highest BCUT2D eigenvalue weighted by molar-refractivity contribution is 6.77. The summed E-state index contributed by atoms with van der Waals surface area (Å²) >= 11 is 0. The fourth-order valence-corrected chi connectivity index (χ4v) is 4.49. The third kappa shape index (κ3) is 8.71. The molecule has 0 aliphatic rings. The van der Waals surface area contributed by atoms with E-state index in [1.807, 2.05) is 0 Å². The summed E-state index contributed by atoms with van der Waals surface area (Å²) in [6.45, 7) is 11.1. The van der Waals surface area contributed by atoms with Crippen LogP contribution in [0.2, 0.25) is 25.2 Å². The molecule has 0 N–H and O–H groups in total. The lowest BCUT2D eigenvalue weighted by atomic mass is 10.3. The molecule has 94 valence electrons. The average molecular weight is 242 g/mol. The van der Waals surface area contributed by atoms with Crippen molar-refractivity contribution in [1.82, 2.24) is 0 Å². The van der Waals surface area contributed by atoms with Gasteiger partial charge in [0, 0.05) is 14.1 Å². The van der Waals surface area contributed by atoms with E-state index in [0.29, 0.717) is 6.61 Å². The first kappa shape index (κ1) is 15.4. The molecule has 0 saturated carbocycles. The minimum Gasteiger partial charge on any atom is -0.463 e. The molecule has 0 spiro atoms. The third-order valence-corrected chi connectivity index (χ3v) is 6.28. The predicted octanol–water partition coefficient (Wildman–Crippen LogP) is 4.00. The molecule has 3 heteroatoms. The first-order chi connectivity index (χ1) is 7.52. The van der Waals surface area contributed by atoms with Crippen LogP contribution in [0.5, 0.6) is 0 Å². The summed E-state index contributed by atoms with van der Waals surface area (Å²) in [5.74, 6) is -0.303. The maximum Gasteiger partial charge on any atom is 0.330 e. The van der Waals surface area contributed by atoms with Gasteiger partial charge in [-0.25, -0.2) is 4.79 Å². The predicted molar refractivity (Wildman–Crippen MR) is 72.4 cm³/mol. The van der Waals surface area contributed by atoms with Gasteiger partial charge in [0.15, 0.2) is 0 Å². The van der Waals surface area contributed by atoms with Gasteiger partial charge in [0.25, 0.3) is 0 Å². The molecule has 0 aromatic rings. The SMILES string of the molecule is C=CC(=O)OCCCC[Si](C)(C)CCCC. The second-order valence-corrected chi connectivity index (χ2v) is 10.4. The van der Waals surface area contributed by atoms with Crippen molar-refractivity contribution in [3.8, 4) is 0 Å². The Morgan fingerprint density at radius 3 is 2.44 bits per heavy atom. The van der Waals surface area contributed by atoms with Gasteiger partial charge < -0.3 is 4.74 Å². The molecule has 0 rings (SSSR count). The number of carbonyl (C=O) groups is 1. The molecular weight excluding hydrogens is 216 g/mol. The average Bonchev–Trinajstić information content (AvgIpc) is 2.25. The van der Waals surface area contributed by atoms with Gasteiger partial charge in [0.2, 0.25) is 0 Å². The van der Waals surface area contributed by atoms with E-state index in [-0.39, 0.29) is 5.97 Å². The van der Waals surface area contributed by atoms with E-state index in [0.717, 1.165) is 6.42 Å². The zero-order chi connectivity index (χ0) is 12.4. The summed E-state index contributed by atoms with van der Waals surface area (Å²) in [6.07, 6.45) is 6.06.